The quantitative estimate of drug-likeness (QED) is 0.708. The van der Waals surface area contributed by atoms with Crippen molar-refractivity contribution >= 4 is 0 Å². The molecule has 0 unspecified atom stereocenters. The predicted octanol–water partition coefficient (Wildman–Crippen LogP) is 1.48. The summed E-state index contributed by atoms with van der Waals surface area (Å²) >= 11 is 0. The van der Waals surface area contributed by atoms with Crippen LogP contribution in [0.4, 0.5) is 0 Å². The summed E-state index contributed by atoms with van der Waals surface area (Å²) in [5.74, 6) is 2.58. The molecule has 0 bridgehead atoms. The smallest absolute Gasteiger partial charge is 0.0721 e. The van der Waals surface area contributed by atoms with E-state index >= 15 is 0 Å². The van der Waals surface area contributed by atoms with Crippen LogP contribution in [0.1, 0.15) is 17.2 Å². The first-order chi connectivity index (χ1) is 6.92. The molecular weight excluding hydrogens is 174 g/mol. The number of hydrogen-bond donors (Lipinski definition) is 1. The Morgan fingerprint density at radius 1 is 1.50 bits per heavy atom. The van der Waals surface area contributed by atoms with Crippen LogP contribution in [0.15, 0.2) is 24.3 Å². The van der Waals surface area contributed by atoms with Crippen molar-refractivity contribution in [3.8, 4) is 12.3 Å². The second kappa shape index (κ2) is 4.28. The van der Waals surface area contributed by atoms with Gasteiger partial charge in [-0.25, -0.2) is 0 Å². The van der Waals surface area contributed by atoms with E-state index in [1.165, 1.54) is 11.1 Å². The number of hydrogen-bond acceptors (Lipinski definition) is 2. The third-order valence-electron chi connectivity index (χ3n) is 2.42. The van der Waals surface area contributed by atoms with E-state index in [0.717, 1.165) is 0 Å². The summed E-state index contributed by atoms with van der Waals surface area (Å²) in [7, 11) is 0. The van der Waals surface area contributed by atoms with E-state index in [-0.39, 0.29) is 6.04 Å². The molecule has 0 saturated carbocycles. The standard InChI is InChI=1S/C12H13NO/c1-2-7-13-12-9-14-8-10-5-3-4-6-11(10)12/h1,3-6,12-13H,7-9H2/t12-/m0/s1. The van der Waals surface area contributed by atoms with Gasteiger partial charge in [0, 0.05) is 0 Å². The Hall–Kier alpha value is -1.30. The van der Waals surface area contributed by atoms with Crippen LogP contribution in [0.5, 0.6) is 0 Å². The summed E-state index contributed by atoms with van der Waals surface area (Å²) in [5.41, 5.74) is 2.57. The van der Waals surface area contributed by atoms with Crippen molar-refractivity contribution < 1.29 is 4.74 Å². The first-order valence-corrected chi connectivity index (χ1v) is 4.74. The van der Waals surface area contributed by atoms with Gasteiger partial charge in [-0.15, -0.1) is 6.42 Å². The Labute approximate surface area is 84.3 Å². The van der Waals surface area contributed by atoms with E-state index in [0.29, 0.717) is 19.8 Å². The fourth-order valence-electron chi connectivity index (χ4n) is 1.73. The summed E-state index contributed by atoms with van der Waals surface area (Å²) in [6.45, 7) is 2.01. The van der Waals surface area contributed by atoms with Crippen molar-refractivity contribution in [2.24, 2.45) is 0 Å². The first-order valence-electron chi connectivity index (χ1n) is 4.74. The molecule has 0 fully saturated rings. The lowest BCUT2D eigenvalue weighted by atomic mass is 9.99. The van der Waals surface area contributed by atoms with Crippen LogP contribution in [0.2, 0.25) is 0 Å². The van der Waals surface area contributed by atoms with E-state index in [2.05, 4.69) is 29.4 Å². The van der Waals surface area contributed by atoms with Gasteiger partial charge in [-0.1, -0.05) is 30.2 Å². The monoisotopic (exact) mass is 187 g/mol. The van der Waals surface area contributed by atoms with E-state index in [4.69, 9.17) is 11.2 Å². The molecule has 72 valence electrons. The van der Waals surface area contributed by atoms with E-state index in [9.17, 15) is 0 Å². The Kier molecular flexibility index (Phi) is 2.83. The molecule has 1 N–H and O–H groups in total. The average molecular weight is 187 g/mol. The fourth-order valence-corrected chi connectivity index (χ4v) is 1.73. The van der Waals surface area contributed by atoms with Gasteiger partial charge in [-0.05, 0) is 11.1 Å². The Balaban J connectivity index is 2.18. The number of fused-ring (bicyclic) bond motifs is 1. The minimum Gasteiger partial charge on any atom is -0.375 e. The normalized spacial score (nSPS) is 19.8. The summed E-state index contributed by atoms with van der Waals surface area (Å²) in [6.07, 6.45) is 5.21. The molecule has 0 saturated heterocycles. The summed E-state index contributed by atoms with van der Waals surface area (Å²) in [6, 6.07) is 8.56. The molecule has 0 radical (unpaired) electrons. The highest BCUT2D eigenvalue weighted by molar-refractivity contribution is 5.31. The van der Waals surface area contributed by atoms with Crippen molar-refractivity contribution in [2.45, 2.75) is 12.6 Å². The van der Waals surface area contributed by atoms with Crippen molar-refractivity contribution in [1.29, 1.82) is 0 Å². The number of ether oxygens (including phenoxy) is 1. The Morgan fingerprint density at radius 3 is 3.21 bits per heavy atom. The van der Waals surface area contributed by atoms with Gasteiger partial charge in [0.15, 0.2) is 0 Å². The van der Waals surface area contributed by atoms with E-state index in [1.807, 2.05) is 6.07 Å². The van der Waals surface area contributed by atoms with Gasteiger partial charge >= 0.3 is 0 Å². The van der Waals surface area contributed by atoms with Gasteiger partial charge in [0.2, 0.25) is 0 Å². The van der Waals surface area contributed by atoms with Gasteiger partial charge in [-0.2, -0.15) is 0 Å². The average Bonchev–Trinajstić information content (AvgIpc) is 2.26. The van der Waals surface area contributed by atoms with Gasteiger partial charge in [0.1, 0.15) is 0 Å². The summed E-state index contributed by atoms with van der Waals surface area (Å²) < 4.78 is 5.47. The summed E-state index contributed by atoms with van der Waals surface area (Å²) in [4.78, 5) is 0. The number of rotatable bonds is 2. The molecule has 1 heterocycles. The third kappa shape index (κ3) is 1.79. The summed E-state index contributed by atoms with van der Waals surface area (Å²) in [5, 5.41) is 3.27. The molecule has 2 heteroatoms. The fraction of sp³-hybridized carbons (Fsp3) is 0.333. The lowest BCUT2D eigenvalue weighted by molar-refractivity contribution is 0.0834. The van der Waals surface area contributed by atoms with Crippen molar-refractivity contribution in [2.75, 3.05) is 13.2 Å². The van der Waals surface area contributed by atoms with Crippen LogP contribution in [-0.4, -0.2) is 13.2 Å². The van der Waals surface area contributed by atoms with Gasteiger partial charge in [0.05, 0.1) is 25.8 Å². The van der Waals surface area contributed by atoms with Crippen LogP contribution in [0.25, 0.3) is 0 Å². The lowest BCUT2D eigenvalue weighted by Gasteiger charge is -2.25. The SMILES string of the molecule is C#CCN[C@H]1COCc2ccccc21. The maximum atomic E-state index is 5.47. The Bertz CT molecular complexity index is 354. The van der Waals surface area contributed by atoms with E-state index < -0.39 is 0 Å². The molecule has 1 aliphatic rings. The van der Waals surface area contributed by atoms with Gasteiger partial charge in [0.25, 0.3) is 0 Å². The molecule has 1 atom stereocenters. The second-order valence-corrected chi connectivity index (χ2v) is 3.35. The van der Waals surface area contributed by atoms with Crippen molar-refractivity contribution in [3.05, 3.63) is 35.4 Å². The molecule has 0 spiro atoms. The molecule has 1 aliphatic heterocycles. The maximum absolute atomic E-state index is 5.47. The molecule has 2 nitrogen and oxygen atoms in total. The van der Waals surface area contributed by atoms with Crippen LogP contribution in [0, 0.1) is 12.3 Å². The minimum atomic E-state index is 0.246. The van der Waals surface area contributed by atoms with Gasteiger partial charge < -0.3 is 4.74 Å². The Morgan fingerprint density at radius 2 is 2.36 bits per heavy atom. The molecule has 0 aliphatic carbocycles. The zero-order chi connectivity index (χ0) is 9.80. The highest BCUT2D eigenvalue weighted by Gasteiger charge is 2.18. The van der Waals surface area contributed by atoms with Crippen LogP contribution < -0.4 is 5.32 Å². The highest BCUT2D eigenvalue weighted by atomic mass is 16.5. The van der Waals surface area contributed by atoms with Crippen molar-refractivity contribution in [1.82, 2.24) is 5.32 Å². The lowest BCUT2D eigenvalue weighted by Crippen LogP contribution is -2.29. The van der Waals surface area contributed by atoms with Crippen LogP contribution in [-0.2, 0) is 11.3 Å². The van der Waals surface area contributed by atoms with Crippen LogP contribution in [0.3, 0.4) is 0 Å². The van der Waals surface area contributed by atoms with Crippen LogP contribution >= 0.6 is 0 Å². The maximum Gasteiger partial charge on any atom is 0.0721 e. The number of terminal acetylenes is 1. The molecule has 1 aromatic rings. The first kappa shape index (κ1) is 9.26. The molecular formula is C12H13NO. The largest absolute Gasteiger partial charge is 0.375 e. The van der Waals surface area contributed by atoms with Gasteiger partial charge in [-0.3, -0.25) is 5.32 Å². The molecule has 2 rings (SSSR count). The zero-order valence-electron chi connectivity index (χ0n) is 7.99. The second-order valence-electron chi connectivity index (χ2n) is 3.35. The number of benzene rings is 1. The van der Waals surface area contributed by atoms with Crippen molar-refractivity contribution in [3.63, 3.8) is 0 Å². The zero-order valence-corrected chi connectivity index (χ0v) is 7.99. The molecule has 0 aromatic heterocycles. The third-order valence-corrected chi connectivity index (χ3v) is 2.42. The number of nitrogens with one attached hydrogen (secondary N) is 1. The molecule has 1 aromatic carbocycles. The van der Waals surface area contributed by atoms with E-state index in [1.54, 1.807) is 0 Å². The molecule has 14 heavy (non-hydrogen) atoms. The predicted molar refractivity (Wildman–Crippen MR) is 55.7 cm³/mol. The molecule has 0 amide bonds. The topological polar surface area (TPSA) is 21.3 Å². The highest BCUT2D eigenvalue weighted by Crippen LogP contribution is 2.23. The minimum absolute atomic E-state index is 0.246.